The molecular formula is C12H18BrFSi. The van der Waals surface area contributed by atoms with Crippen LogP contribution in [0.15, 0.2) is 28.7 Å². The van der Waals surface area contributed by atoms with Gasteiger partial charge in [0.1, 0.15) is 0 Å². The third-order valence-electron chi connectivity index (χ3n) is 2.97. The molecule has 0 atom stereocenters. The molecule has 0 aliphatic heterocycles. The van der Waals surface area contributed by atoms with E-state index in [-0.39, 0.29) is 11.1 Å². The maximum atomic E-state index is 15.0. The van der Waals surface area contributed by atoms with Crippen molar-refractivity contribution in [1.29, 1.82) is 0 Å². The Morgan fingerprint density at radius 3 is 1.73 bits per heavy atom. The zero-order chi connectivity index (χ0) is 11.6. The highest BCUT2D eigenvalue weighted by molar-refractivity contribution is 9.10. The third-order valence-corrected chi connectivity index (χ3v) is 8.07. The number of hydrogen-bond donors (Lipinski definition) is 0. The number of benzene rings is 1. The molecule has 3 heteroatoms. The van der Waals surface area contributed by atoms with Crippen LogP contribution in [0.2, 0.25) is 11.1 Å². The highest BCUT2D eigenvalue weighted by atomic mass is 79.9. The second-order valence-corrected chi connectivity index (χ2v) is 9.92. The van der Waals surface area contributed by atoms with E-state index in [0.29, 0.717) is 0 Å². The summed E-state index contributed by atoms with van der Waals surface area (Å²) in [6.07, 6.45) is 0. The number of rotatable bonds is 3. The highest BCUT2D eigenvalue weighted by Gasteiger charge is 2.43. The molecule has 0 bridgehead atoms. The summed E-state index contributed by atoms with van der Waals surface area (Å²) >= 11 is 3.38. The standard InChI is InChI=1S/C12H18BrFSi/c1-9(2)15(14,10(3)4)12-7-5-11(13)6-8-12/h5-10H,1-4H3. The average molecular weight is 289 g/mol. The van der Waals surface area contributed by atoms with E-state index in [9.17, 15) is 0 Å². The molecule has 0 aliphatic rings. The van der Waals surface area contributed by atoms with Crippen LogP contribution < -0.4 is 5.19 Å². The van der Waals surface area contributed by atoms with Crippen LogP contribution in [-0.4, -0.2) is 8.41 Å². The van der Waals surface area contributed by atoms with Crippen molar-refractivity contribution in [1.82, 2.24) is 0 Å². The Kier molecular flexibility index (Phi) is 4.12. The van der Waals surface area contributed by atoms with E-state index in [1.807, 2.05) is 52.0 Å². The molecule has 0 amide bonds. The Morgan fingerprint density at radius 2 is 1.40 bits per heavy atom. The minimum absolute atomic E-state index is 0.124. The van der Waals surface area contributed by atoms with E-state index in [1.54, 1.807) is 0 Å². The Bertz CT molecular complexity index is 311. The van der Waals surface area contributed by atoms with Gasteiger partial charge in [0.2, 0.25) is 0 Å². The van der Waals surface area contributed by atoms with Crippen molar-refractivity contribution in [3.05, 3.63) is 28.7 Å². The molecule has 0 N–H and O–H groups in total. The SMILES string of the molecule is CC(C)[Si](F)(c1ccc(Br)cc1)C(C)C. The van der Waals surface area contributed by atoms with Crippen LogP contribution in [-0.2, 0) is 0 Å². The summed E-state index contributed by atoms with van der Waals surface area (Å²) in [4.78, 5) is 0. The summed E-state index contributed by atoms with van der Waals surface area (Å²) in [6, 6.07) is 7.72. The van der Waals surface area contributed by atoms with E-state index < -0.39 is 8.41 Å². The van der Waals surface area contributed by atoms with Crippen molar-refractivity contribution in [2.45, 2.75) is 38.8 Å². The van der Waals surface area contributed by atoms with Gasteiger partial charge >= 0.3 is 0 Å². The molecule has 84 valence electrons. The van der Waals surface area contributed by atoms with Gasteiger partial charge in [0, 0.05) is 4.47 Å². The van der Waals surface area contributed by atoms with Gasteiger partial charge in [-0.3, -0.25) is 0 Å². The first-order valence-electron chi connectivity index (χ1n) is 5.34. The summed E-state index contributed by atoms with van der Waals surface area (Å²) in [7, 11) is -2.82. The molecule has 0 heterocycles. The van der Waals surface area contributed by atoms with Crippen LogP contribution in [0.25, 0.3) is 0 Å². The van der Waals surface area contributed by atoms with Crippen molar-refractivity contribution >= 4 is 29.5 Å². The van der Waals surface area contributed by atoms with Crippen LogP contribution in [0.4, 0.5) is 4.11 Å². The molecule has 0 saturated carbocycles. The summed E-state index contributed by atoms with van der Waals surface area (Å²) in [5, 5.41) is 0.913. The van der Waals surface area contributed by atoms with E-state index in [2.05, 4.69) is 15.9 Å². The number of halogens is 2. The van der Waals surface area contributed by atoms with E-state index >= 15 is 4.11 Å². The van der Waals surface area contributed by atoms with E-state index in [0.717, 1.165) is 9.66 Å². The number of hydrogen-bond acceptors (Lipinski definition) is 0. The molecule has 0 fully saturated rings. The molecule has 0 radical (unpaired) electrons. The summed E-state index contributed by atoms with van der Waals surface area (Å²) in [6.45, 7) is 7.98. The first kappa shape index (κ1) is 12.9. The van der Waals surface area contributed by atoms with Crippen molar-refractivity contribution in [2.75, 3.05) is 0 Å². The maximum absolute atomic E-state index is 15.0. The van der Waals surface area contributed by atoms with Crippen LogP contribution in [0, 0.1) is 0 Å². The van der Waals surface area contributed by atoms with Crippen LogP contribution in [0.5, 0.6) is 0 Å². The van der Waals surface area contributed by atoms with Gasteiger partial charge in [-0.15, -0.1) is 0 Å². The molecule has 15 heavy (non-hydrogen) atoms. The van der Waals surface area contributed by atoms with Gasteiger partial charge in [-0.1, -0.05) is 55.8 Å². The lowest BCUT2D eigenvalue weighted by molar-refractivity contribution is 0.699. The minimum atomic E-state index is -2.82. The Balaban J connectivity index is 3.16. The lowest BCUT2D eigenvalue weighted by Gasteiger charge is -2.30. The fourth-order valence-electron chi connectivity index (χ4n) is 2.04. The smallest absolute Gasteiger partial charge is 0.282 e. The minimum Gasteiger partial charge on any atom is -0.307 e. The zero-order valence-electron chi connectivity index (χ0n) is 9.72. The highest BCUT2D eigenvalue weighted by Crippen LogP contribution is 2.33. The first-order valence-corrected chi connectivity index (χ1v) is 8.16. The first-order chi connectivity index (χ1) is 6.89. The summed E-state index contributed by atoms with van der Waals surface area (Å²) < 4.78 is 16.0. The normalized spacial score (nSPS) is 12.5. The van der Waals surface area contributed by atoms with Gasteiger partial charge < -0.3 is 4.11 Å². The van der Waals surface area contributed by atoms with Gasteiger partial charge in [-0.25, -0.2) is 0 Å². The molecule has 1 aromatic rings. The second kappa shape index (κ2) is 4.79. The van der Waals surface area contributed by atoms with Gasteiger partial charge in [-0.2, -0.15) is 0 Å². The molecule has 1 rings (SSSR count). The summed E-state index contributed by atoms with van der Waals surface area (Å²) in [5.74, 6) is 0. The summed E-state index contributed by atoms with van der Waals surface area (Å²) in [5.41, 5.74) is 0.248. The fraction of sp³-hybridized carbons (Fsp3) is 0.500. The van der Waals surface area contributed by atoms with Crippen molar-refractivity contribution < 1.29 is 4.11 Å². The van der Waals surface area contributed by atoms with Gasteiger partial charge in [-0.05, 0) is 28.4 Å². The molecule has 1 aromatic carbocycles. The molecule has 0 unspecified atom stereocenters. The Morgan fingerprint density at radius 1 is 1.00 bits per heavy atom. The van der Waals surface area contributed by atoms with E-state index in [4.69, 9.17) is 0 Å². The second-order valence-electron chi connectivity index (χ2n) is 4.58. The van der Waals surface area contributed by atoms with Crippen molar-refractivity contribution in [2.24, 2.45) is 0 Å². The fourth-order valence-corrected chi connectivity index (χ4v) is 5.65. The maximum Gasteiger partial charge on any atom is 0.282 e. The quantitative estimate of drug-likeness (QED) is 0.572. The average Bonchev–Trinajstić information content (AvgIpc) is 2.17. The topological polar surface area (TPSA) is 0 Å². The van der Waals surface area contributed by atoms with Gasteiger partial charge in [0.15, 0.2) is 0 Å². The lowest BCUT2D eigenvalue weighted by atomic mass is 10.4. The van der Waals surface area contributed by atoms with Gasteiger partial charge in [0.25, 0.3) is 8.41 Å². The van der Waals surface area contributed by atoms with Crippen molar-refractivity contribution in [3.8, 4) is 0 Å². The monoisotopic (exact) mass is 288 g/mol. The third kappa shape index (κ3) is 2.51. The van der Waals surface area contributed by atoms with Gasteiger partial charge in [0.05, 0.1) is 0 Å². The molecule has 0 nitrogen and oxygen atoms in total. The Hall–Kier alpha value is -0.153. The molecular weight excluding hydrogens is 271 g/mol. The lowest BCUT2D eigenvalue weighted by Crippen LogP contribution is -2.48. The van der Waals surface area contributed by atoms with Crippen LogP contribution in [0.3, 0.4) is 0 Å². The molecule has 0 aliphatic carbocycles. The van der Waals surface area contributed by atoms with E-state index in [1.165, 1.54) is 0 Å². The van der Waals surface area contributed by atoms with Crippen LogP contribution in [0.1, 0.15) is 27.7 Å². The predicted molar refractivity (Wildman–Crippen MR) is 70.8 cm³/mol. The Labute approximate surface area is 101 Å². The largest absolute Gasteiger partial charge is 0.307 e. The predicted octanol–water partition coefficient (Wildman–Crippen LogP) is 4.39. The molecule has 0 saturated heterocycles. The molecule has 0 spiro atoms. The van der Waals surface area contributed by atoms with Crippen molar-refractivity contribution in [3.63, 3.8) is 0 Å². The van der Waals surface area contributed by atoms with Crippen LogP contribution >= 0.6 is 15.9 Å². The zero-order valence-corrected chi connectivity index (χ0v) is 12.3. The molecule has 0 aromatic heterocycles.